The normalized spacial score (nSPS) is 25.6. The van der Waals surface area contributed by atoms with E-state index in [1.807, 2.05) is 0 Å². The predicted molar refractivity (Wildman–Crippen MR) is 48.5 cm³/mol. The smallest absolute Gasteiger partial charge is 0.208 e. The van der Waals surface area contributed by atoms with Crippen molar-refractivity contribution in [3.8, 4) is 0 Å². The highest BCUT2D eigenvalue weighted by Gasteiger charge is 2.13. The first kappa shape index (κ1) is 9.95. The standard InChI is InChI=1S/C7H16N2O2S/c1-12(10,11)9-6-7-4-2-3-5-8-7/h7-9H,2-6H2,1H3/t7-/m0/s1. The number of rotatable bonds is 3. The zero-order chi connectivity index (χ0) is 9.03. The van der Waals surface area contributed by atoms with Gasteiger partial charge in [-0.25, -0.2) is 13.1 Å². The van der Waals surface area contributed by atoms with E-state index >= 15 is 0 Å². The van der Waals surface area contributed by atoms with Gasteiger partial charge in [0.05, 0.1) is 6.26 Å². The van der Waals surface area contributed by atoms with Gasteiger partial charge in [-0.1, -0.05) is 6.42 Å². The van der Waals surface area contributed by atoms with Crippen molar-refractivity contribution in [2.24, 2.45) is 0 Å². The second kappa shape index (κ2) is 4.20. The Labute approximate surface area is 73.8 Å². The average Bonchev–Trinajstić information content (AvgIpc) is 2.02. The number of piperidine rings is 1. The molecule has 1 saturated heterocycles. The number of nitrogens with one attached hydrogen (secondary N) is 2. The highest BCUT2D eigenvalue weighted by Crippen LogP contribution is 2.05. The minimum absolute atomic E-state index is 0.327. The number of hydrogen-bond donors (Lipinski definition) is 2. The summed E-state index contributed by atoms with van der Waals surface area (Å²) in [6.07, 6.45) is 4.66. The largest absolute Gasteiger partial charge is 0.313 e. The van der Waals surface area contributed by atoms with Crippen LogP contribution in [0.2, 0.25) is 0 Å². The Morgan fingerprint density at radius 1 is 1.50 bits per heavy atom. The van der Waals surface area contributed by atoms with E-state index in [0.29, 0.717) is 12.6 Å². The summed E-state index contributed by atoms with van der Waals surface area (Å²) >= 11 is 0. The van der Waals surface area contributed by atoms with E-state index in [4.69, 9.17) is 0 Å². The van der Waals surface area contributed by atoms with E-state index in [2.05, 4.69) is 10.0 Å². The molecule has 1 fully saturated rings. The third-order valence-electron chi connectivity index (χ3n) is 2.00. The highest BCUT2D eigenvalue weighted by molar-refractivity contribution is 7.88. The van der Waals surface area contributed by atoms with Gasteiger partial charge in [0.2, 0.25) is 10.0 Å². The van der Waals surface area contributed by atoms with Gasteiger partial charge in [0.15, 0.2) is 0 Å². The summed E-state index contributed by atoms with van der Waals surface area (Å²) in [7, 11) is -3.01. The average molecular weight is 192 g/mol. The first-order chi connectivity index (χ1) is 5.58. The topological polar surface area (TPSA) is 58.2 Å². The lowest BCUT2D eigenvalue weighted by atomic mass is 10.1. The molecule has 0 spiro atoms. The molecule has 4 nitrogen and oxygen atoms in total. The molecule has 0 bridgehead atoms. The monoisotopic (exact) mass is 192 g/mol. The first-order valence-corrected chi connectivity index (χ1v) is 6.15. The van der Waals surface area contributed by atoms with E-state index in [1.165, 1.54) is 19.1 Å². The van der Waals surface area contributed by atoms with Crippen LogP contribution < -0.4 is 10.0 Å². The van der Waals surface area contributed by atoms with Gasteiger partial charge in [0.1, 0.15) is 0 Å². The van der Waals surface area contributed by atoms with Crippen LogP contribution in [-0.2, 0) is 10.0 Å². The van der Waals surface area contributed by atoms with Crippen LogP contribution in [0.5, 0.6) is 0 Å². The molecule has 1 aliphatic heterocycles. The molecule has 2 N–H and O–H groups in total. The summed E-state index contributed by atoms with van der Waals surface area (Å²) in [5, 5.41) is 3.26. The van der Waals surface area contributed by atoms with Crippen molar-refractivity contribution < 1.29 is 8.42 Å². The molecule has 12 heavy (non-hydrogen) atoms. The Morgan fingerprint density at radius 2 is 2.25 bits per heavy atom. The summed E-state index contributed by atoms with van der Waals surface area (Å²) in [5.74, 6) is 0. The molecule has 0 aromatic rings. The lowest BCUT2D eigenvalue weighted by molar-refractivity contribution is 0.398. The molecule has 0 aromatic carbocycles. The van der Waals surface area contributed by atoms with Gasteiger partial charge in [0, 0.05) is 12.6 Å². The quantitative estimate of drug-likeness (QED) is 0.644. The summed E-state index contributed by atoms with van der Waals surface area (Å²) in [4.78, 5) is 0. The van der Waals surface area contributed by atoms with Gasteiger partial charge in [-0.3, -0.25) is 0 Å². The fourth-order valence-electron chi connectivity index (χ4n) is 1.35. The van der Waals surface area contributed by atoms with Crippen LogP contribution >= 0.6 is 0 Å². The zero-order valence-electron chi connectivity index (χ0n) is 7.34. The van der Waals surface area contributed by atoms with Crippen LogP contribution in [0.15, 0.2) is 0 Å². The Morgan fingerprint density at radius 3 is 2.75 bits per heavy atom. The van der Waals surface area contributed by atoms with Crippen molar-refractivity contribution in [1.29, 1.82) is 0 Å². The second-order valence-corrected chi connectivity index (χ2v) is 5.10. The lowest BCUT2D eigenvalue weighted by Crippen LogP contribution is -2.43. The predicted octanol–water partition coefficient (Wildman–Crippen LogP) is -0.322. The summed E-state index contributed by atoms with van der Waals surface area (Å²) < 4.78 is 24.0. The third kappa shape index (κ3) is 4.04. The Bertz CT molecular complexity index is 220. The summed E-state index contributed by atoms with van der Waals surface area (Å²) in [6, 6.07) is 0.327. The van der Waals surface area contributed by atoms with E-state index < -0.39 is 10.0 Å². The Hall–Kier alpha value is -0.130. The minimum Gasteiger partial charge on any atom is -0.313 e. The summed E-state index contributed by atoms with van der Waals surface area (Å²) in [6.45, 7) is 1.54. The SMILES string of the molecule is CS(=O)(=O)NC[C@@H]1CCCCN1. The molecular formula is C7H16N2O2S. The summed E-state index contributed by atoms with van der Waals surface area (Å²) in [5.41, 5.74) is 0. The van der Waals surface area contributed by atoms with Crippen LogP contribution in [0.4, 0.5) is 0 Å². The van der Waals surface area contributed by atoms with Crippen molar-refractivity contribution in [1.82, 2.24) is 10.0 Å². The molecule has 1 aliphatic rings. The maximum absolute atomic E-state index is 10.7. The molecule has 1 atom stereocenters. The molecule has 0 amide bonds. The van der Waals surface area contributed by atoms with Crippen molar-refractivity contribution in [3.05, 3.63) is 0 Å². The van der Waals surface area contributed by atoms with E-state index in [0.717, 1.165) is 13.0 Å². The van der Waals surface area contributed by atoms with Crippen molar-refractivity contribution in [2.45, 2.75) is 25.3 Å². The maximum atomic E-state index is 10.7. The highest BCUT2D eigenvalue weighted by atomic mass is 32.2. The van der Waals surface area contributed by atoms with Crippen molar-refractivity contribution >= 4 is 10.0 Å². The van der Waals surface area contributed by atoms with Crippen LogP contribution in [-0.4, -0.2) is 33.8 Å². The molecular weight excluding hydrogens is 176 g/mol. The second-order valence-electron chi connectivity index (χ2n) is 3.27. The van der Waals surface area contributed by atoms with Gasteiger partial charge in [0.25, 0.3) is 0 Å². The number of sulfonamides is 1. The molecule has 1 heterocycles. The van der Waals surface area contributed by atoms with Crippen LogP contribution in [0, 0.1) is 0 Å². The third-order valence-corrected chi connectivity index (χ3v) is 2.70. The maximum Gasteiger partial charge on any atom is 0.208 e. The lowest BCUT2D eigenvalue weighted by Gasteiger charge is -2.23. The molecule has 0 radical (unpaired) electrons. The van der Waals surface area contributed by atoms with Crippen LogP contribution in [0.1, 0.15) is 19.3 Å². The molecule has 0 unspecified atom stereocenters. The fraction of sp³-hybridized carbons (Fsp3) is 1.00. The molecule has 0 saturated carbocycles. The van der Waals surface area contributed by atoms with Crippen molar-refractivity contribution in [2.75, 3.05) is 19.3 Å². The van der Waals surface area contributed by atoms with Gasteiger partial charge in [-0.2, -0.15) is 0 Å². The van der Waals surface area contributed by atoms with Gasteiger partial charge >= 0.3 is 0 Å². The number of hydrogen-bond acceptors (Lipinski definition) is 3. The Kier molecular flexibility index (Phi) is 3.49. The molecule has 0 aromatic heterocycles. The van der Waals surface area contributed by atoms with Crippen LogP contribution in [0.25, 0.3) is 0 Å². The van der Waals surface area contributed by atoms with E-state index in [1.54, 1.807) is 0 Å². The first-order valence-electron chi connectivity index (χ1n) is 4.26. The van der Waals surface area contributed by atoms with Gasteiger partial charge in [-0.05, 0) is 19.4 Å². The molecule has 0 aliphatic carbocycles. The van der Waals surface area contributed by atoms with Gasteiger partial charge < -0.3 is 5.32 Å². The minimum atomic E-state index is -3.01. The Balaban J connectivity index is 2.22. The molecule has 72 valence electrons. The molecule has 1 rings (SSSR count). The zero-order valence-corrected chi connectivity index (χ0v) is 8.15. The molecule has 5 heteroatoms. The van der Waals surface area contributed by atoms with Gasteiger partial charge in [-0.15, -0.1) is 0 Å². The van der Waals surface area contributed by atoms with Crippen LogP contribution in [0.3, 0.4) is 0 Å². The van der Waals surface area contributed by atoms with Crippen molar-refractivity contribution in [3.63, 3.8) is 0 Å². The van der Waals surface area contributed by atoms with E-state index in [-0.39, 0.29) is 0 Å². The fourth-order valence-corrected chi connectivity index (χ4v) is 1.85. The van der Waals surface area contributed by atoms with E-state index in [9.17, 15) is 8.42 Å².